The quantitative estimate of drug-likeness (QED) is 0.713. The number of carbonyl (C=O) groups excluding carboxylic acids is 3. The van der Waals surface area contributed by atoms with Crippen molar-refractivity contribution in [2.24, 2.45) is 0 Å². The lowest BCUT2D eigenvalue weighted by Crippen LogP contribution is -2.52. The maximum atomic E-state index is 13.5. The molecule has 0 aromatic heterocycles. The predicted molar refractivity (Wildman–Crippen MR) is 100 cm³/mol. The Morgan fingerprint density at radius 3 is 2.63 bits per heavy atom. The number of piperidine rings is 1. The van der Waals surface area contributed by atoms with Gasteiger partial charge in [-0.2, -0.15) is 13.2 Å². The average molecular weight is 424 g/mol. The van der Waals surface area contributed by atoms with Crippen molar-refractivity contribution < 1.29 is 27.6 Å². The Labute approximate surface area is 171 Å². The fraction of sp³-hybridized carbons (Fsp3) is 0.550. The SMILES string of the molecule is O=C1CCC(N2Cc3ccc(CN4CCNCCC4C(F)(F)F)cc3C2=O)C(=O)N1. The highest BCUT2D eigenvalue weighted by Gasteiger charge is 2.44. The summed E-state index contributed by atoms with van der Waals surface area (Å²) in [7, 11) is 0. The number of hydrogen-bond acceptors (Lipinski definition) is 5. The topological polar surface area (TPSA) is 81.8 Å². The van der Waals surface area contributed by atoms with Gasteiger partial charge in [-0.3, -0.25) is 24.6 Å². The third-order valence-corrected chi connectivity index (χ3v) is 5.97. The monoisotopic (exact) mass is 424 g/mol. The summed E-state index contributed by atoms with van der Waals surface area (Å²) >= 11 is 0. The van der Waals surface area contributed by atoms with E-state index < -0.39 is 24.2 Å². The molecule has 2 fully saturated rings. The molecule has 2 unspecified atom stereocenters. The van der Waals surface area contributed by atoms with Gasteiger partial charge in [0.1, 0.15) is 12.1 Å². The first-order valence-electron chi connectivity index (χ1n) is 10.0. The van der Waals surface area contributed by atoms with E-state index in [1.807, 2.05) is 0 Å². The number of carbonyl (C=O) groups is 3. The lowest BCUT2D eigenvalue weighted by atomic mass is 10.0. The van der Waals surface area contributed by atoms with Crippen LogP contribution in [0.25, 0.3) is 0 Å². The Balaban J connectivity index is 1.52. The van der Waals surface area contributed by atoms with Crippen molar-refractivity contribution in [2.75, 3.05) is 19.6 Å². The van der Waals surface area contributed by atoms with Gasteiger partial charge in [-0.25, -0.2) is 0 Å². The van der Waals surface area contributed by atoms with Crippen molar-refractivity contribution in [3.8, 4) is 0 Å². The number of rotatable bonds is 3. The van der Waals surface area contributed by atoms with Gasteiger partial charge in [0.2, 0.25) is 11.8 Å². The summed E-state index contributed by atoms with van der Waals surface area (Å²) in [4.78, 5) is 39.2. The fourth-order valence-electron chi connectivity index (χ4n) is 4.42. The third-order valence-electron chi connectivity index (χ3n) is 5.97. The molecule has 3 heterocycles. The van der Waals surface area contributed by atoms with Gasteiger partial charge in [0.15, 0.2) is 0 Å². The number of hydrogen-bond donors (Lipinski definition) is 2. The molecule has 10 heteroatoms. The van der Waals surface area contributed by atoms with Crippen LogP contribution >= 0.6 is 0 Å². The molecule has 3 aliphatic rings. The molecule has 2 atom stereocenters. The Morgan fingerprint density at radius 2 is 1.90 bits per heavy atom. The summed E-state index contributed by atoms with van der Waals surface area (Å²) in [5.41, 5.74) is 1.77. The van der Waals surface area contributed by atoms with Gasteiger partial charge in [0.25, 0.3) is 5.91 Å². The summed E-state index contributed by atoms with van der Waals surface area (Å²) < 4.78 is 40.5. The zero-order valence-corrected chi connectivity index (χ0v) is 16.3. The van der Waals surface area contributed by atoms with Gasteiger partial charge in [-0.1, -0.05) is 12.1 Å². The molecule has 0 saturated carbocycles. The van der Waals surface area contributed by atoms with Crippen molar-refractivity contribution in [1.29, 1.82) is 0 Å². The highest BCUT2D eigenvalue weighted by Crippen LogP contribution is 2.31. The molecule has 1 aromatic rings. The summed E-state index contributed by atoms with van der Waals surface area (Å²) in [6.45, 7) is 1.38. The summed E-state index contributed by atoms with van der Waals surface area (Å²) in [5.74, 6) is -1.17. The normalized spacial score (nSPS) is 25.8. The zero-order chi connectivity index (χ0) is 21.5. The van der Waals surface area contributed by atoms with Gasteiger partial charge in [-0.05, 0) is 36.6 Å². The van der Waals surface area contributed by atoms with Crippen LogP contribution in [0.15, 0.2) is 18.2 Å². The first-order chi connectivity index (χ1) is 14.2. The van der Waals surface area contributed by atoms with Crippen LogP contribution in [0.5, 0.6) is 0 Å². The Kier molecular flexibility index (Phi) is 5.54. The maximum Gasteiger partial charge on any atom is 0.404 e. The number of alkyl halides is 3. The molecule has 162 valence electrons. The first-order valence-corrected chi connectivity index (χ1v) is 10.0. The van der Waals surface area contributed by atoms with E-state index in [1.165, 1.54) is 9.80 Å². The molecule has 30 heavy (non-hydrogen) atoms. The van der Waals surface area contributed by atoms with Crippen molar-refractivity contribution in [3.63, 3.8) is 0 Å². The minimum absolute atomic E-state index is 0.0172. The van der Waals surface area contributed by atoms with Crippen LogP contribution in [0, 0.1) is 0 Å². The minimum atomic E-state index is -4.32. The van der Waals surface area contributed by atoms with Crippen molar-refractivity contribution >= 4 is 17.7 Å². The van der Waals surface area contributed by atoms with E-state index in [-0.39, 0.29) is 50.7 Å². The largest absolute Gasteiger partial charge is 0.404 e. The van der Waals surface area contributed by atoms with Crippen LogP contribution in [-0.2, 0) is 22.7 Å². The molecule has 2 saturated heterocycles. The minimum Gasteiger partial charge on any atom is -0.322 e. The lowest BCUT2D eigenvalue weighted by molar-refractivity contribution is -0.184. The van der Waals surface area contributed by atoms with Gasteiger partial charge >= 0.3 is 6.18 Å². The Hall–Kier alpha value is -2.46. The molecule has 4 rings (SSSR count). The van der Waals surface area contributed by atoms with Crippen LogP contribution in [0.1, 0.15) is 40.7 Å². The van der Waals surface area contributed by atoms with E-state index >= 15 is 0 Å². The molecule has 1 aromatic carbocycles. The van der Waals surface area contributed by atoms with Crippen LogP contribution in [0.3, 0.4) is 0 Å². The van der Waals surface area contributed by atoms with E-state index in [9.17, 15) is 27.6 Å². The highest BCUT2D eigenvalue weighted by atomic mass is 19.4. The maximum absolute atomic E-state index is 13.5. The molecule has 3 amide bonds. The summed E-state index contributed by atoms with van der Waals surface area (Å²) in [5, 5.41) is 5.25. The summed E-state index contributed by atoms with van der Waals surface area (Å²) in [6.07, 6.45) is -3.90. The number of nitrogens with zero attached hydrogens (tertiary/aromatic N) is 2. The second-order valence-electron chi connectivity index (χ2n) is 7.96. The van der Waals surface area contributed by atoms with Crippen molar-refractivity contribution in [1.82, 2.24) is 20.4 Å². The molecule has 0 spiro atoms. The standard InChI is InChI=1S/C20H23F3N4O3/c21-20(22,23)16-5-6-24-7-8-26(16)10-12-1-2-13-11-27(19(30)14(13)9-12)15-3-4-17(28)25-18(15)29/h1-2,9,15-16,24H,3-8,10-11H2,(H,25,28,29). The van der Waals surface area contributed by atoms with E-state index in [1.54, 1.807) is 18.2 Å². The smallest absolute Gasteiger partial charge is 0.322 e. The van der Waals surface area contributed by atoms with E-state index in [2.05, 4.69) is 10.6 Å². The Morgan fingerprint density at radius 1 is 1.10 bits per heavy atom. The number of halogens is 3. The van der Waals surface area contributed by atoms with Crippen LogP contribution in [0.2, 0.25) is 0 Å². The average Bonchev–Trinajstić information content (AvgIpc) is 2.84. The number of fused-ring (bicyclic) bond motifs is 1. The van der Waals surface area contributed by atoms with Crippen molar-refractivity contribution in [3.05, 3.63) is 34.9 Å². The molecule has 2 N–H and O–H groups in total. The molecule has 0 radical (unpaired) electrons. The van der Waals surface area contributed by atoms with Crippen molar-refractivity contribution in [2.45, 2.75) is 50.6 Å². The van der Waals surface area contributed by atoms with E-state index in [0.717, 1.165) is 5.56 Å². The number of benzene rings is 1. The van der Waals surface area contributed by atoms with Gasteiger partial charge in [0.05, 0.1) is 0 Å². The molecular weight excluding hydrogens is 401 g/mol. The molecular formula is C20H23F3N4O3. The Bertz CT molecular complexity index is 873. The number of nitrogens with one attached hydrogen (secondary N) is 2. The van der Waals surface area contributed by atoms with Crippen LogP contribution in [0.4, 0.5) is 13.2 Å². The van der Waals surface area contributed by atoms with Crippen LogP contribution in [-0.4, -0.2) is 65.4 Å². The fourth-order valence-corrected chi connectivity index (χ4v) is 4.42. The summed E-state index contributed by atoms with van der Waals surface area (Å²) in [6, 6.07) is 2.88. The molecule has 3 aliphatic heterocycles. The third kappa shape index (κ3) is 4.06. The number of imide groups is 1. The first kappa shape index (κ1) is 20.8. The van der Waals surface area contributed by atoms with Gasteiger partial charge < -0.3 is 10.2 Å². The van der Waals surface area contributed by atoms with Gasteiger partial charge in [0, 0.05) is 38.2 Å². The zero-order valence-electron chi connectivity index (χ0n) is 16.3. The lowest BCUT2D eigenvalue weighted by Gasteiger charge is -2.31. The molecule has 0 bridgehead atoms. The number of amides is 3. The van der Waals surface area contributed by atoms with Crippen LogP contribution < -0.4 is 10.6 Å². The van der Waals surface area contributed by atoms with Gasteiger partial charge in [-0.15, -0.1) is 0 Å². The van der Waals surface area contributed by atoms with E-state index in [0.29, 0.717) is 24.2 Å². The molecule has 7 nitrogen and oxygen atoms in total. The highest BCUT2D eigenvalue weighted by molar-refractivity contribution is 6.05. The molecule has 0 aliphatic carbocycles. The predicted octanol–water partition coefficient (Wildman–Crippen LogP) is 1.17. The second kappa shape index (κ2) is 7.99. The van der Waals surface area contributed by atoms with E-state index in [4.69, 9.17) is 0 Å². The second-order valence-corrected chi connectivity index (χ2v) is 7.96.